The molecule has 0 aromatic heterocycles. The smallest absolute Gasteiger partial charge is 0.419 e. The molecule has 0 bridgehead atoms. The molecule has 0 aliphatic heterocycles. The number of hydrogen-bond donors (Lipinski definition) is 0. The van der Waals surface area contributed by atoms with E-state index in [-0.39, 0.29) is 16.6 Å². The highest BCUT2D eigenvalue weighted by molar-refractivity contribution is 9.10. The van der Waals surface area contributed by atoms with Crippen molar-refractivity contribution in [2.45, 2.75) is 13.1 Å². The summed E-state index contributed by atoms with van der Waals surface area (Å²) >= 11 is 2.89. The van der Waals surface area contributed by atoms with Crippen molar-refractivity contribution in [1.29, 1.82) is 0 Å². The molecule has 104 valence electrons. The minimum atomic E-state index is -4.77. The molecule has 0 saturated carbocycles. The molecule has 1 rings (SSSR count). The molecule has 1 aromatic carbocycles. The number of carbonyl (C=O) groups is 1. The fourth-order valence-electron chi connectivity index (χ4n) is 1.26. The fourth-order valence-corrected chi connectivity index (χ4v) is 1.73. The van der Waals surface area contributed by atoms with Gasteiger partial charge in [0.15, 0.2) is 0 Å². The van der Waals surface area contributed by atoms with Crippen LogP contribution in [0.4, 0.5) is 17.6 Å². The summed E-state index contributed by atoms with van der Waals surface area (Å²) in [5.74, 6) is -2.06. The third kappa shape index (κ3) is 4.34. The lowest BCUT2D eigenvalue weighted by molar-refractivity contribution is -0.140. The van der Waals surface area contributed by atoms with E-state index in [1.807, 2.05) is 0 Å². The first-order valence-electron chi connectivity index (χ1n) is 5.16. The lowest BCUT2D eigenvalue weighted by Gasteiger charge is -2.09. The van der Waals surface area contributed by atoms with Gasteiger partial charge in [-0.25, -0.2) is 9.18 Å². The zero-order chi connectivity index (χ0) is 14.6. The molecule has 0 atom stereocenters. The van der Waals surface area contributed by atoms with Gasteiger partial charge < -0.3 is 4.74 Å². The Bertz CT molecular complexity index is 509. The Morgan fingerprint density at radius 2 is 2.05 bits per heavy atom. The number of esters is 1. The number of hydrogen-bond acceptors (Lipinski definition) is 2. The summed E-state index contributed by atoms with van der Waals surface area (Å²) < 4.78 is 55.2. The molecule has 0 spiro atoms. The standard InChI is InChI=1S/C12H9BrF4O2/c1-2-19-11(18)4-3-7-5-10(14)8(6-9(7)13)12(15,16)17/h3-6H,2H2,1H3/b4-3+. The average Bonchev–Trinajstić information content (AvgIpc) is 2.28. The highest BCUT2D eigenvalue weighted by Gasteiger charge is 2.34. The second-order valence-corrected chi connectivity index (χ2v) is 4.29. The molecule has 2 nitrogen and oxygen atoms in total. The Balaban J connectivity index is 3.06. The monoisotopic (exact) mass is 340 g/mol. The van der Waals surface area contributed by atoms with Crippen LogP contribution < -0.4 is 0 Å². The van der Waals surface area contributed by atoms with Gasteiger partial charge in [-0.2, -0.15) is 13.2 Å². The lowest BCUT2D eigenvalue weighted by atomic mass is 10.1. The van der Waals surface area contributed by atoms with Crippen molar-refractivity contribution in [2.75, 3.05) is 6.61 Å². The molecule has 0 saturated heterocycles. The van der Waals surface area contributed by atoms with Crippen LogP contribution in [-0.2, 0) is 15.7 Å². The van der Waals surface area contributed by atoms with E-state index < -0.39 is 23.5 Å². The summed E-state index contributed by atoms with van der Waals surface area (Å²) in [5.41, 5.74) is -1.26. The molecule has 0 aliphatic carbocycles. The molecule has 1 aromatic rings. The normalized spacial score (nSPS) is 11.9. The summed E-state index contributed by atoms with van der Waals surface area (Å²) in [5, 5.41) is 0. The van der Waals surface area contributed by atoms with Crippen molar-refractivity contribution in [3.63, 3.8) is 0 Å². The number of halogens is 5. The van der Waals surface area contributed by atoms with Crippen molar-refractivity contribution in [3.8, 4) is 0 Å². The third-order valence-corrected chi connectivity index (χ3v) is 2.76. The fraction of sp³-hybridized carbons (Fsp3) is 0.250. The van der Waals surface area contributed by atoms with E-state index in [0.717, 1.165) is 6.08 Å². The summed E-state index contributed by atoms with van der Waals surface area (Å²) in [4.78, 5) is 11.0. The quantitative estimate of drug-likeness (QED) is 0.468. The summed E-state index contributed by atoms with van der Waals surface area (Å²) in [6, 6.07) is 1.32. The van der Waals surface area contributed by atoms with Crippen molar-refractivity contribution in [3.05, 3.63) is 39.6 Å². The van der Waals surface area contributed by atoms with Crippen LogP contribution in [0.5, 0.6) is 0 Å². The van der Waals surface area contributed by atoms with E-state index in [0.29, 0.717) is 12.1 Å². The molecule has 0 N–H and O–H groups in total. The van der Waals surface area contributed by atoms with Gasteiger partial charge >= 0.3 is 12.1 Å². The number of benzene rings is 1. The van der Waals surface area contributed by atoms with Crippen LogP contribution in [0.2, 0.25) is 0 Å². The van der Waals surface area contributed by atoms with Crippen molar-refractivity contribution >= 4 is 28.0 Å². The van der Waals surface area contributed by atoms with E-state index >= 15 is 0 Å². The molecule has 0 amide bonds. The molecule has 0 aliphatic rings. The van der Waals surface area contributed by atoms with E-state index in [2.05, 4.69) is 20.7 Å². The molecule has 0 heterocycles. The number of alkyl halides is 3. The molecule has 0 radical (unpaired) electrons. The van der Waals surface area contributed by atoms with Gasteiger partial charge in [0.25, 0.3) is 0 Å². The van der Waals surface area contributed by atoms with E-state index in [9.17, 15) is 22.4 Å². The zero-order valence-corrected chi connectivity index (χ0v) is 11.3. The first-order valence-corrected chi connectivity index (χ1v) is 5.96. The second kappa shape index (κ2) is 6.18. The molecule has 0 fully saturated rings. The van der Waals surface area contributed by atoms with Gasteiger partial charge in [0.1, 0.15) is 5.82 Å². The van der Waals surface area contributed by atoms with Gasteiger partial charge in [0.2, 0.25) is 0 Å². The highest BCUT2D eigenvalue weighted by Crippen LogP contribution is 2.34. The van der Waals surface area contributed by atoms with Gasteiger partial charge in [0, 0.05) is 10.5 Å². The third-order valence-electron chi connectivity index (χ3n) is 2.08. The molecular formula is C12H9BrF4O2. The summed E-state index contributed by atoms with van der Waals surface area (Å²) in [7, 11) is 0. The average molecular weight is 341 g/mol. The van der Waals surface area contributed by atoms with E-state index in [1.54, 1.807) is 6.92 Å². The SMILES string of the molecule is CCOC(=O)/C=C/c1cc(F)c(C(F)(F)F)cc1Br. The first-order chi connectivity index (χ1) is 8.75. The largest absolute Gasteiger partial charge is 0.463 e. The maximum Gasteiger partial charge on any atom is 0.419 e. The van der Waals surface area contributed by atoms with Crippen molar-refractivity contribution in [2.24, 2.45) is 0 Å². The topological polar surface area (TPSA) is 26.3 Å². The van der Waals surface area contributed by atoms with Crippen LogP contribution in [0.25, 0.3) is 6.08 Å². The van der Waals surface area contributed by atoms with Crippen LogP contribution in [-0.4, -0.2) is 12.6 Å². The second-order valence-electron chi connectivity index (χ2n) is 3.44. The number of carbonyl (C=O) groups excluding carboxylic acids is 1. The zero-order valence-electron chi connectivity index (χ0n) is 9.72. The van der Waals surface area contributed by atoms with Crippen molar-refractivity contribution in [1.82, 2.24) is 0 Å². The Morgan fingerprint density at radius 1 is 1.42 bits per heavy atom. The lowest BCUT2D eigenvalue weighted by Crippen LogP contribution is -2.08. The van der Waals surface area contributed by atoms with Gasteiger partial charge in [-0.1, -0.05) is 15.9 Å². The maximum absolute atomic E-state index is 13.3. The molecular weight excluding hydrogens is 332 g/mol. The van der Waals surface area contributed by atoms with E-state index in [4.69, 9.17) is 0 Å². The predicted molar refractivity (Wildman–Crippen MR) is 64.8 cm³/mol. The minimum Gasteiger partial charge on any atom is -0.463 e. The summed E-state index contributed by atoms with van der Waals surface area (Å²) in [6.45, 7) is 1.78. The van der Waals surface area contributed by atoms with Crippen LogP contribution in [0.1, 0.15) is 18.1 Å². The van der Waals surface area contributed by atoms with Gasteiger partial charge in [0.05, 0.1) is 12.2 Å². The minimum absolute atomic E-state index is 0.0294. The highest BCUT2D eigenvalue weighted by atomic mass is 79.9. The van der Waals surface area contributed by atoms with Gasteiger partial charge in [-0.15, -0.1) is 0 Å². The molecule has 0 unspecified atom stereocenters. The molecule has 7 heteroatoms. The van der Waals surface area contributed by atoms with Crippen LogP contribution in [0, 0.1) is 5.82 Å². The number of rotatable bonds is 3. The number of ether oxygens (including phenoxy) is 1. The van der Waals surface area contributed by atoms with Crippen LogP contribution in [0.15, 0.2) is 22.7 Å². The predicted octanol–water partition coefficient (Wildman–Crippen LogP) is 4.18. The molecule has 19 heavy (non-hydrogen) atoms. The van der Waals surface area contributed by atoms with E-state index in [1.165, 1.54) is 6.08 Å². The van der Waals surface area contributed by atoms with Crippen LogP contribution in [0.3, 0.4) is 0 Å². The Hall–Kier alpha value is -1.37. The Kier molecular flexibility index (Phi) is 5.11. The van der Waals surface area contributed by atoms with Gasteiger partial charge in [-0.3, -0.25) is 0 Å². The Labute approximate surface area is 115 Å². The van der Waals surface area contributed by atoms with Crippen LogP contribution >= 0.6 is 15.9 Å². The maximum atomic E-state index is 13.3. The van der Waals surface area contributed by atoms with Gasteiger partial charge in [-0.05, 0) is 30.7 Å². The van der Waals surface area contributed by atoms with Crippen molar-refractivity contribution < 1.29 is 27.1 Å². The Morgan fingerprint density at radius 3 is 2.58 bits per heavy atom. The summed E-state index contributed by atoms with van der Waals surface area (Å²) in [6.07, 6.45) is -2.59. The first kappa shape index (κ1) is 15.7.